The lowest BCUT2D eigenvalue weighted by molar-refractivity contribution is -0.112. The maximum absolute atomic E-state index is 11.9. The van der Waals surface area contributed by atoms with Crippen LogP contribution in [-0.4, -0.2) is 24.9 Å². The van der Waals surface area contributed by atoms with E-state index in [1.165, 1.54) is 6.20 Å². The van der Waals surface area contributed by atoms with E-state index in [-0.39, 0.29) is 5.57 Å². The molecule has 18 heavy (non-hydrogen) atoms. The van der Waals surface area contributed by atoms with Gasteiger partial charge in [-0.1, -0.05) is 11.6 Å². The van der Waals surface area contributed by atoms with Crippen LogP contribution in [0.3, 0.4) is 0 Å². The van der Waals surface area contributed by atoms with Gasteiger partial charge in [0, 0.05) is 31.0 Å². The molecular formula is C13H14ClN3O. The summed E-state index contributed by atoms with van der Waals surface area (Å²) in [4.78, 5) is 13.5. The number of halogens is 1. The van der Waals surface area contributed by atoms with Crippen molar-refractivity contribution in [3.63, 3.8) is 0 Å². The van der Waals surface area contributed by atoms with Gasteiger partial charge in [-0.05, 0) is 30.7 Å². The van der Waals surface area contributed by atoms with Gasteiger partial charge in [0.15, 0.2) is 0 Å². The van der Waals surface area contributed by atoms with Gasteiger partial charge < -0.3 is 10.2 Å². The monoisotopic (exact) mass is 263 g/mol. The van der Waals surface area contributed by atoms with Crippen LogP contribution in [-0.2, 0) is 4.79 Å². The van der Waals surface area contributed by atoms with Gasteiger partial charge in [-0.3, -0.25) is 4.79 Å². The number of anilines is 1. The third-order valence-corrected chi connectivity index (χ3v) is 2.42. The van der Waals surface area contributed by atoms with E-state index in [1.54, 1.807) is 37.2 Å². The van der Waals surface area contributed by atoms with Crippen LogP contribution in [0.1, 0.15) is 5.56 Å². The average molecular weight is 264 g/mol. The fourth-order valence-corrected chi connectivity index (χ4v) is 1.58. The summed E-state index contributed by atoms with van der Waals surface area (Å²) in [5, 5.41) is 12.2. The Bertz CT molecular complexity index is 530. The molecule has 0 heterocycles. The summed E-state index contributed by atoms with van der Waals surface area (Å²) < 4.78 is 0. The zero-order valence-electron chi connectivity index (χ0n) is 10.5. The molecule has 0 aliphatic heterocycles. The molecule has 5 heteroatoms. The van der Waals surface area contributed by atoms with Crippen molar-refractivity contribution < 1.29 is 4.79 Å². The zero-order chi connectivity index (χ0) is 13.7. The van der Waals surface area contributed by atoms with Crippen LogP contribution in [0.4, 0.5) is 5.69 Å². The van der Waals surface area contributed by atoms with Crippen LogP contribution in [0.5, 0.6) is 0 Å². The molecule has 0 spiro atoms. The first-order valence-corrected chi connectivity index (χ1v) is 5.67. The number of nitrogens with one attached hydrogen (secondary N) is 1. The van der Waals surface area contributed by atoms with Gasteiger partial charge in [0.05, 0.1) is 0 Å². The maximum Gasteiger partial charge on any atom is 0.267 e. The first kappa shape index (κ1) is 14.1. The lowest BCUT2D eigenvalue weighted by Gasteiger charge is -2.09. The molecule has 1 rings (SSSR count). The minimum absolute atomic E-state index is 0.0503. The van der Waals surface area contributed by atoms with Crippen molar-refractivity contribution in [1.29, 1.82) is 5.26 Å². The Morgan fingerprint density at radius 2 is 2.17 bits per heavy atom. The van der Waals surface area contributed by atoms with E-state index < -0.39 is 5.91 Å². The number of aryl methyl sites for hydroxylation is 1. The Morgan fingerprint density at radius 3 is 2.67 bits per heavy atom. The normalized spacial score (nSPS) is 10.7. The van der Waals surface area contributed by atoms with Gasteiger partial charge in [0.25, 0.3) is 5.91 Å². The van der Waals surface area contributed by atoms with Crippen molar-refractivity contribution in [3.8, 4) is 6.07 Å². The number of carbonyl (C=O) groups excluding carboxylic acids is 1. The van der Waals surface area contributed by atoms with Gasteiger partial charge in [-0.25, -0.2) is 0 Å². The first-order valence-electron chi connectivity index (χ1n) is 5.30. The molecule has 1 aromatic rings. The summed E-state index contributed by atoms with van der Waals surface area (Å²) in [5.74, 6) is -0.434. The van der Waals surface area contributed by atoms with Crippen molar-refractivity contribution >= 4 is 23.2 Å². The molecule has 0 aromatic heterocycles. The van der Waals surface area contributed by atoms with Gasteiger partial charge in [-0.2, -0.15) is 5.26 Å². The first-order chi connectivity index (χ1) is 8.43. The second-order valence-corrected chi connectivity index (χ2v) is 4.47. The number of nitriles is 1. The highest BCUT2D eigenvalue weighted by atomic mass is 35.5. The number of benzene rings is 1. The summed E-state index contributed by atoms with van der Waals surface area (Å²) in [7, 11) is 3.50. The molecule has 0 saturated carbocycles. The highest BCUT2D eigenvalue weighted by Crippen LogP contribution is 2.20. The van der Waals surface area contributed by atoms with Crippen molar-refractivity contribution in [1.82, 2.24) is 4.90 Å². The molecule has 0 radical (unpaired) electrons. The summed E-state index contributed by atoms with van der Waals surface area (Å²) >= 11 is 5.83. The molecule has 94 valence electrons. The lowest BCUT2D eigenvalue weighted by Crippen LogP contribution is -2.16. The maximum atomic E-state index is 11.9. The Labute approximate surface area is 111 Å². The van der Waals surface area contributed by atoms with Crippen LogP contribution in [0.25, 0.3) is 0 Å². The predicted molar refractivity (Wildman–Crippen MR) is 72.2 cm³/mol. The summed E-state index contributed by atoms with van der Waals surface area (Å²) in [6.45, 7) is 1.84. The Kier molecular flexibility index (Phi) is 4.75. The van der Waals surface area contributed by atoms with E-state index in [1.807, 2.05) is 13.0 Å². The minimum Gasteiger partial charge on any atom is -0.382 e. The standard InChI is InChI=1S/C13H14ClN3O/c1-9-6-11(14)4-5-12(9)16-13(18)10(7-15)8-17(2)3/h4-6,8H,1-3H3,(H,16,18)/b10-8+. The molecule has 1 N–H and O–H groups in total. The SMILES string of the molecule is Cc1cc(Cl)ccc1NC(=O)/C(C#N)=C/N(C)C. The van der Waals surface area contributed by atoms with E-state index >= 15 is 0 Å². The zero-order valence-corrected chi connectivity index (χ0v) is 11.2. The molecular weight excluding hydrogens is 250 g/mol. The van der Waals surface area contributed by atoms with Crippen molar-refractivity contribution in [2.24, 2.45) is 0 Å². The number of carbonyl (C=O) groups is 1. The Morgan fingerprint density at radius 1 is 1.50 bits per heavy atom. The van der Waals surface area contributed by atoms with Gasteiger partial charge >= 0.3 is 0 Å². The molecule has 1 amide bonds. The van der Waals surface area contributed by atoms with Crippen LogP contribution in [0.15, 0.2) is 30.0 Å². The third kappa shape index (κ3) is 3.79. The molecule has 0 fully saturated rings. The number of rotatable bonds is 3. The second kappa shape index (κ2) is 6.08. The molecule has 0 bridgehead atoms. The second-order valence-electron chi connectivity index (χ2n) is 4.03. The van der Waals surface area contributed by atoms with Crippen molar-refractivity contribution in [2.45, 2.75) is 6.92 Å². The largest absolute Gasteiger partial charge is 0.382 e. The van der Waals surface area contributed by atoms with Crippen LogP contribution < -0.4 is 5.32 Å². The van der Waals surface area contributed by atoms with E-state index in [0.29, 0.717) is 10.7 Å². The number of hydrogen-bond acceptors (Lipinski definition) is 3. The molecule has 1 aromatic carbocycles. The Hall–Kier alpha value is -1.99. The molecule has 0 aliphatic carbocycles. The highest BCUT2D eigenvalue weighted by molar-refractivity contribution is 6.30. The van der Waals surface area contributed by atoms with E-state index in [4.69, 9.17) is 16.9 Å². The van der Waals surface area contributed by atoms with Crippen molar-refractivity contribution in [2.75, 3.05) is 19.4 Å². The van der Waals surface area contributed by atoms with Gasteiger partial charge in [-0.15, -0.1) is 0 Å². The van der Waals surface area contributed by atoms with E-state index in [9.17, 15) is 4.79 Å². The summed E-state index contributed by atoms with van der Waals surface area (Å²) in [6.07, 6.45) is 1.47. The van der Waals surface area contributed by atoms with Gasteiger partial charge in [0.1, 0.15) is 11.6 Å². The minimum atomic E-state index is -0.434. The molecule has 4 nitrogen and oxygen atoms in total. The number of amides is 1. The molecule has 0 aliphatic rings. The predicted octanol–water partition coefficient (Wildman–Crippen LogP) is 2.56. The quantitative estimate of drug-likeness (QED) is 0.674. The average Bonchev–Trinajstić information content (AvgIpc) is 2.29. The number of nitrogens with zero attached hydrogens (tertiary/aromatic N) is 2. The fraction of sp³-hybridized carbons (Fsp3) is 0.231. The van der Waals surface area contributed by atoms with E-state index in [2.05, 4.69) is 5.32 Å². The topological polar surface area (TPSA) is 56.1 Å². The smallest absolute Gasteiger partial charge is 0.267 e. The van der Waals surface area contributed by atoms with Crippen LogP contribution >= 0.6 is 11.6 Å². The van der Waals surface area contributed by atoms with Crippen LogP contribution in [0.2, 0.25) is 5.02 Å². The van der Waals surface area contributed by atoms with Crippen LogP contribution in [0, 0.1) is 18.3 Å². The Balaban J connectivity index is 2.91. The third-order valence-electron chi connectivity index (χ3n) is 2.19. The molecule has 0 atom stereocenters. The number of hydrogen-bond donors (Lipinski definition) is 1. The van der Waals surface area contributed by atoms with Crippen molar-refractivity contribution in [3.05, 3.63) is 40.6 Å². The van der Waals surface area contributed by atoms with Gasteiger partial charge in [0.2, 0.25) is 0 Å². The highest BCUT2D eigenvalue weighted by Gasteiger charge is 2.10. The summed E-state index contributed by atoms with van der Waals surface area (Å²) in [5.41, 5.74) is 1.54. The molecule has 0 saturated heterocycles. The molecule has 0 unspecified atom stereocenters. The lowest BCUT2D eigenvalue weighted by atomic mass is 10.2. The van der Waals surface area contributed by atoms with E-state index in [0.717, 1.165) is 5.56 Å². The summed E-state index contributed by atoms with van der Waals surface area (Å²) in [6, 6.07) is 7.01. The fourth-order valence-electron chi connectivity index (χ4n) is 1.35.